The second kappa shape index (κ2) is 10.5. The molecule has 0 radical (unpaired) electrons. The van der Waals surface area contributed by atoms with Crippen molar-refractivity contribution >= 4 is 30.0 Å². The maximum absolute atomic E-state index is 14.2. The number of rotatable bonds is 6. The van der Waals surface area contributed by atoms with Crippen molar-refractivity contribution in [2.24, 2.45) is 9.74 Å². The highest BCUT2D eigenvalue weighted by atomic mass is 31.2. The lowest BCUT2D eigenvalue weighted by Gasteiger charge is -2.45. The Morgan fingerprint density at radius 1 is 0.872 bits per heavy atom. The lowest BCUT2D eigenvalue weighted by atomic mass is 10.2. The molecule has 1 aliphatic heterocycles. The van der Waals surface area contributed by atoms with Crippen LogP contribution in [0, 0.1) is 6.92 Å². The Hall–Kier alpha value is -3.68. The quantitative estimate of drug-likeness (QED) is 0.233. The summed E-state index contributed by atoms with van der Waals surface area (Å²) in [6.45, 7) is 7.05. The van der Waals surface area contributed by atoms with Crippen LogP contribution >= 0.6 is 7.36 Å². The Morgan fingerprint density at radius 3 is 2.08 bits per heavy atom. The number of aryl methyl sites for hydroxylation is 1. The summed E-state index contributed by atoms with van der Waals surface area (Å²) in [7, 11) is -1.19. The van der Waals surface area contributed by atoms with E-state index in [1.54, 1.807) is 10.7 Å². The van der Waals surface area contributed by atoms with Gasteiger partial charge in [-0.3, -0.25) is 4.67 Å². The van der Waals surface area contributed by atoms with Crippen LogP contribution in [0.2, 0.25) is 0 Å². The maximum atomic E-state index is 14.2. The highest BCUT2D eigenvalue weighted by Gasteiger charge is 2.45. The zero-order chi connectivity index (χ0) is 27.8. The number of aromatic nitrogens is 2. The van der Waals surface area contributed by atoms with E-state index in [4.69, 9.17) is 14.8 Å². The van der Waals surface area contributed by atoms with Crippen LogP contribution in [0.1, 0.15) is 30.7 Å². The van der Waals surface area contributed by atoms with Gasteiger partial charge in [0.15, 0.2) is 13.2 Å². The van der Waals surface area contributed by atoms with Crippen molar-refractivity contribution in [2.75, 3.05) is 20.1 Å². The first kappa shape index (κ1) is 26.9. The van der Waals surface area contributed by atoms with Crippen molar-refractivity contribution in [1.82, 2.24) is 19.1 Å². The van der Waals surface area contributed by atoms with E-state index in [1.807, 2.05) is 93.2 Å². The zero-order valence-corrected chi connectivity index (χ0v) is 23.2. The Morgan fingerprint density at radius 2 is 1.46 bits per heavy atom. The lowest BCUT2D eigenvalue weighted by Crippen LogP contribution is -2.41. The number of fused-ring (bicyclic) bond motifs is 1. The molecule has 0 saturated heterocycles. The van der Waals surface area contributed by atoms with Crippen molar-refractivity contribution in [2.45, 2.75) is 26.9 Å². The Balaban J connectivity index is 1.94. The predicted octanol–water partition coefficient (Wildman–Crippen LogP) is 7.55. The number of aliphatic imine (C=N–C) groups is 1. The van der Waals surface area contributed by atoms with Gasteiger partial charge in [0.2, 0.25) is 0 Å². The van der Waals surface area contributed by atoms with E-state index < -0.39 is 19.1 Å². The van der Waals surface area contributed by atoms with E-state index in [1.165, 1.54) is 12.1 Å². The van der Waals surface area contributed by atoms with E-state index in [-0.39, 0.29) is 5.69 Å². The normalized spacial score (nSPS) is 17.2. The van der Waals surface area contributed by atoms with Crippen LogP contribution in [-0.4, -0.2) is 45.1 Å². The van der Waals surface area contributed by atoms with Crippen LogP contribution in [0.15, 0.2) is 94.7 Å². The molecule has 6 nitrogen and oxygen atoms in total. The standard InChI is InChI=1S/C29H30F3N6P/c1-5-37(6-2)39(35-25-20-14-13-19-24(25)29(30,31)32)26-21(3)34-38(23-17-11-8-12-18-23)28(26)33-27(36(39)4)22-15-9-7-10-16-22/h7-20H,5-6H2,1-4H3/t39-/m1/s1. The van der Waals surface area contributed by atoms with E-state index in [9.17, 15) is 13.2 Å². The van der Waals surface area contributed by atoms with Gasteiger partial charge >= 0.3 is 6.18 Å². The summed E-state index contributed by atoms with van der Waals surface area (Å²) in [6.07, 6.45) is -4.55. The molecule has 10 heteroatoms. The average Bonchev–Trinajstić information content (AvgIpc) is 3.28. The molecule has 39 heavy (non-hydrogen) atoms. The average molecular weight is 551 g/mol. The fourth-order valence-corrected chi connectivity index (χ4v) is 8.98. The van der Waals surface area contributed by atoms with E-state index in [0.717, 1.165) is 22.6 Å². The zero-order valence-electron chi connectivity index (χ0n) is 22.3. The third kappa shape index (κ3) is 4.60. The number of benzene rings is 3. The first-order valence-corrected chi connectivity index (χ1v) is 14.4. The predicted molar refractivity (Wildman–Crippen MR) is 152 cm³/mol. The van der Waals surface area contributed by atoms with Crippen LogP contribution in [0.5, 0.6) is 0 Å². The van der Waals surface area contributed by atoms with Gasteiger partial charge in [0.05, 0.1) is 27.9 Å². The van der Waals surface area contributed by atoms with E-state index >= 15 is 0 Å². The highest BCUT2D eigenvalue weighted by Crippen LogP contribution is 2.62. The minimum Gasteiger partial charge on any atom is -0.310 e. The van der Waals surface area contributed by atoms with Gasteiger partial charge in [0, 0.05) is 25.7 Å². The third-order valence-corrected chi connectivity index (χ3v) is 10.9. The molecule has 3 aromatic carbocycles. The second-order valence-electron chi connectivity index (χ2n) is 9.15. The molecule has 0 aliphatic carbocycles. The lowest BCUT2D eigenvalue weighted by molar-refractivity contribution is -0.137. The van der Waals surface area contributed by atoms with Crippen LogP contribution in [-0.2, 0) is 6.18 Å². The summed E-state index contributed by atoms with van der Waals surface area (Å²) >= 11 is 0. The summed E-state index contributed by atoms with van der Waals surface area (Å²) in [5.41, 5.74) is 1.49. The topological polar surface area (TPSA) is 49.0 Å². The van der Waals surface area contributed by atoms with E-state index in [2.05, 4.69) is 4.67 Å². The van der Waals surface area contributed by atoms with Gasteiger partial charge < -0.3 is 4.67 Å². The van der Waals surface area contributed by atoms with Gasteiger partial charge in [0.1, 0.15) is 5.84 Å². The second-order valence-corrected chi connectivity index (χ2v) is 12.1. The highest BCUT2D eigenvalue weighted by molar-refractivity contribution is 7.70. The molecule has 0 fully saturated rings. The van der Waals surface area contributed by atoms with Gasteiger partial charge in [-0.25, -0.2) is 14.4 Å². The molecular weight excluding hydrogens is 520 g/mol. The molecule has 0 spiro atoms. The minimum absolute atomic E-state index is 0.0933. The smallest absolute Gasteiger partial charge is 0.310 e. The Labute approximate surface area is 226 Å². The summed E-state index contributed by atoms with van der Waals surface area (Å²) in [6, 6.07) is 24.9. The maximum Gasteiger partial charge on any atom is 0.418 e. The van der Waals surface area contributed by atoms with Crippen molar-refractivity contribution in [3.05, 3.63) is 102 Å². The number of halogens is 3. The van der Waals surface area contributed by atoms with Crippen molar-refractivity contribution < 1.29 is 13.2 Å². The van der Waals surface area contributed by atoms with Crippen molar-refractivity contribution in [3.8, 4) is 5.69 Å². The number of nitrogens with zero attached hydrogens (tertiary/aromatic N) is 6. The summed E-state index contributed by atoms with van der Waals surface area (Å²) in [5, 5.41) is 5.64. The molecule has 2 heterocycles. The molecule has 0 unspecified atom stereocenters. The monoisotopic (exact) mass is 550 g/mol. The Bertz CT molecular complexity index is 1560. The summed E-state index contributed by atoms with van der Waals surface area (Å²) in [5.74, 6) is 1.22. The molecule has 4 aromatic rings. The summed E-state index contributed by atoms with van der Waals surface area (Å²) < 4.78 is 53.7. The molecule has 0 saturated carbocycles. The molecule has 1 aromatic heterocycles. The molecule has 1 atom stereocenters. The van der Waals surface area contributed by atoms with Crippen LogP contribution in [0.25, 0.3) is 5.69 Å². The molecule has 0 bridgehead atoms. The first-order valence-electron chi connectivity index (χ1n) is 12.8. The Kier molecular flexibility index (Phi) is 7.23. The SMILES string of the molecule is CCN(CC)[P@@]1(=Nc2ccccc2C(F)(F)F)c2c(C)nn(-c3ccccc3)c2N=C(c2ccccc2)N1C. The van der Waals surface area contributed by atoms with Crippen LogP contribution < -0.4 is 5.30 Å². The van der Waals surface area contributed by atoms with Crippen molar-refractivity contribution in [3.63, 3.8) is 0 Å². The van der Waals surface area contributed by atoms with Gasteiger partial charge in [-0.15, -0.1) is 0 Å². The molecule has 0 amide bonds. The molecular formula is C29H30F3N6P. The molecule has 202 valence electrons. The molecule has 5 rings (SSSR count). The number of para-hydroxylation sites is 1. The van der Waals surface area contributed by atoms with Gasteiger partial charge in [-0.05, 0) is 31.2 Å². The number of alkyl halides is 3. The first-order chi connectivity index (χ1) is 18.7. The largest absolute Gasteiger partial charge is 0.418 e. The van der Waals surface area contributed by atoms with Gasteiger partial charge in [0.25, 0.3) is 0 Å². The van der Waals surface area contributed by atoms with Crippen LogP contribution in [0.4, 0.5) is 24.7 Å². The summed E-state index contributed by atoms with van der Waals surface area (Å²) in [4.78, 5) is 5.11. The molecule has 0 N–H and O–H groups in total. The van der Waals surface area contributed by atoms with E-state index in [0.29, 0.717) is 30.4 Å². The fourth-order valence-electron chi connectivity index (χ4n) is 5.08. The third-order valence-electron chi connectivity index (χ3n) is 6.86. The fraction of sp³-hybridized carbons (Fsp3) is 0.241. The van der Waals surface area contributed by atoms with Crippen LogP contribution in [0.3, 0.4) is 0 Å². The number of amidine groups is 1. The van der Waals surface area contributed by atoms with Crippen molar-refractivity contribution in [1.29, 1.82) is 0 Å². The number of hydrogen-bond acceptors (Lipinski definition) is 3. The van der Waals surface area contributed by atoms with Gasteiger partial charge in [-0.2, -0.15) is 18.3 Å². The number of hydrogen-bond donors (Lipinski definition) is 0. The van der Waals surface area contributed by atoms with Gasteiger partial charge in [-0.1, -0.05) is 74.5 Å². The molecule has 1 aliphatic rings. The minimum atomic E-state index is -4.55.